The van der Waals surface area contributed by atoms with E-state index in [4.69, 9.17) is 9.52 Å². The number of rotatable bonds is 7. The third-order valence-corrected chi connectivity index (χ3v) is 5.54. The van der Waals surface area contributed by atoms with Crippen LogP contribution in [0.15, 0.2) is 51.7 Å². The van der Waals surface area contributed by atoms with Gasteiger partial charge in [-0.1, -0.05) is 37.5 Å². The normalized spacial score (nSPS) is 14.5. The molecule has 0 unspecified atom stereocenters. The second kappa shape index (κ2) is 11.7. The van der Waals surface area contributed by atoms with Crippen LogP contribution in [0.2, 0.25) is 0 Å². The van der Waals surface area contributed by atoms with Gasteiger partial charge in [0.1, 0.15) is 5.82 Å². The van der Waals surface area contributed by atoms with Crippen LogP contribution >= 0.6 is 0 Å². The summed E-state index contributed by atoms with van der Waals surface area (Å²) in [6, 6.07) is 12.7. The van der Waals surface area contributed by atoms with Crippen molar-refractivity contribution in [3.63, 3.8) is 0 Å². The molecule has 0 radical (unpaired) electrons. The Hall–Kier alpha value is -2.44. The number of aromatic nitrogens is 1. The highest BCUT2D eigenvalue weighted by Crippen LogP contribution is 2.33. The van der Waals surface area contributed by atoms with Gasteiger partial charge >= 0.3 is 5.76 Å². The largest absolute Gasteiger partial charge is 0.417 e. The standard InChI is InChI=1S/C13H15NO2.C11H16FNO/c15-13-14-11-7-6-10(8-12(11)16-13)9-4-2-1-3-5-9;12-11-5-3-10(4-6-11)2-1-7-13-8-9-14/h6-9H,1-5H2,(H,14,15);3-6,13-14H,1-2,7-9H2. The summed E-state index contributed by atoms with van der Waals surface area (Å²) in [6.45, 7) is 1.71. The monoisotopic (exact) mass is 414 g/mol. The van der Waals surface area contributed by atoms with E-state index in [9.17, 15) is 9.18 Å². The van der Waals surface area contributed by atoms with E-state index in [1.54, 1.807) is 12.1 Å². The van der Waals surface area contributed by atoms with Gasteiger partial charge in [-0.3, -0.25) is 4.98 Å². The second-order valence-electron chi connectivity index (χ2n) is 7.81. The minimum atomic E-state index is -0.365. The molecule has 0 atom stereocenters. The Balaban J connectivity index is 0.000000173. The number of aryl methyl sites for hydroxylation is 1. The fourth-order valence-electron chi connectivity index (χ4n) is 3.92. The van der Waals surface area contributed by atoms with Crippen LogP contribution in [0.5, 0.6) is 0 Å². The smallest absolute Gasteiger partial charge is 0.408 e. The summed E-state index contributed by atoms with van der Waals surface area (Å²) < 4.78 is 17.6. The Bertz CT molecular complexity index is 943. The van der Waals surface area contributed by atoms with Crippen LogP contribution in [0.3, 0.4) is 0 Å². The molecule has 5 nitrogen and oxygen atoms in total. The van der Waals surface area contributed by atoms with Gasteiger partial charge in [-0.25, -0.2) is 9.18 Å². The molecule has 1 aromatic heterocycles. The maximum absolute atomic E-state index is 12.5. The molecule has 30 heavy (non-hydrogen) atoms. The molecule has 1 heterocycles. The average Bonchev–Trinajstić information content (AvgIpc) is 3.15. The van der Waals surface area contributed by atoms with Crippen molar-refractivity contribution in [2.75, 3.05) is 19.7 Å². The Morgan fingerprint density at radius 3 is 2.57 bits per heavy atom. The van der Waals surface area contributed by atoms with Crippen molar-refractivity contribution in [1.82, 2.24) is 10.3 Å². The predicted octanol–water partition coefficient (Wildman–Crippen LogP) is 4.51. The van der Waals surface area contributed by atoms with Gasteiger partial charge in [0, 0.05) is 6.54 Å². The van der Waals surface area contributed by atoms with E-state index in [-0.39, 0.29) is 18.2 Å². The third kappa shape index (κ3) is 6.82. The van der Waals surface area contributed by atoms with E-state index in [2.05, 4.69) is 16.4 Å². The Morgan fingerprint density at radius 2 is 1.83 bits per heavy atom. The number of hydrogen-bond acceptors (Lipinski definition) is 4. The number of hydrogen-bond donors (Lipinski definition) is 3. The van der Waals surface area contributed by atoms with Crippen molar-refractivity contribution in [3.05, 3.63) is 70.0 Å². The Kier molecular flexibility index (Phi) is 8.66. The summed E-state index contributed by atoms with van der Waals surface area (Å²) in [7, 11) is 0. The fourth-order valence-corrected chi connectivity index (χ4v) is 3.92. The van der Waals surface area contributed by atoms with Gasteiger partial charge < -0.3 is 14.8 Å². The molecular weight excluding hydrogens is 383 g/mol. The zero-order chi connectivity index (χ0) is 21.2. The summed E-state index contributed by atoms with van der Waals surface area (Å²) >= 11 is 0. The molecule has 1 saturated carbocycles. The van der Waals surface area contributed by atoms with Crippen molar-refractivity contribution in [2.45, 2.75) is 50.9 Å². The van der Waals surface area contributed by atoms with Gasteiger partial charge in [0.05, 0.1) is 12.1 Å². The molecule has 2 aromatic carbocycles. The van der Waals surface area contributed by atoms with E-state index in [1.807, 2.05) is 12.1 Å². The molecule has 162 valence electrons. The minimum Gasteiger partial charge on any atom is -0.408 e. The molecule has 6 heteroatoms. The lowest BCUT2D eigenvalue weighted by Crippen LogP contribution is -2.19. The van der Waals surface area contributed by atoms with E-state index < -0.39 is 0 Å². The molecule has 3 aromatic rings. The minimum absolute atomic E-state index is 0.177. The molecule has 1 aliphatic rings. The van der Waals surface area contributed by atoms with E-state index in [0.717, 1.165) is 30.5 Å². The van der Waals surface area contributed by atoms with Gasteiger partial charge in [-0.2, -0.15) is 0 Å². The quantitative estimate of drug-likeness (QED) is 0.497. The molecule has 4 rings (SSSR count). The van der Waals surface area contributed by atoms with Gasteiger partial charge in [0.15, 0.2) is 5.58 Å². The lowest BCUT2D eigenvalue weighted by atomic mass is 9.84. The molecule has 0 amide bonds. The number of aromatic amines is 1. The maximum Gasteiger partial charge on any atom is 0.417 e. The van der Waals surface area contributed by atoms with Crippen LogP contribution in [0.4, 0.5) is 4.39 Å². The van der Waals surface area contributed by atoms with Crippen molar-refractivity contribution >= 4 is 11.1 Å². The van der Waals surface area contributed by atoms with Crippen LogP contribution in [0.25, 0.3) is 11.1 Å². The summed E-state index contributed by atoms with van der Waals surface area (Å²) in [5.74, 6) is 0.0984. The molecule has 0 bridgehead atoms. The number of aliphatic hydroxyl groups is 1. The highest BCUT2D eigenvalue weighted by Gasteiger charge is 2.16. The first-order valence-electron chi connectivity index (χ1n) is 10.8. The number of benzene rings is 2. The van der Waals surface area contributed by atoms with Gasteiger partial charge in [-0.15, -0.1) is 0 Å². The van der Waals surface area contributed by atoms with Gasteiger partial charge in [0.25, 0.3) is 0 Å². The summed E-state index contributed by atoms with van der Waals surface area (Å²) in [5, 5.41) is 11.6. The fraction of sp³-hybridized carbons (Fsp3) is 0.458. The molecule has 0 spiro atoms. The predicted molar refractivity (Wildman–Crippen MR) is 117 cm³/mol. The van der Waals surface area contributed by atoms with Crippen molar-refractivity contribution in [1.29, 1.82) is 0 Å². The van der Waals surface area contributed by atoms with Crippen molar-refractivity contribution in [2.24, 2.45) is 0 Å². The number of nitrogens with one attached hydrogen (secondary N) is 2. The van der Waals surface area contributed by atoms with E-state index in [0.29, 0.717) is 18.0 Å². The first kappa shape index (κ1) is 22.2. The highest BCUT2D eigenvalue weighted by molar-refractivity contribution is 5.72. The van der Waals surface area contributed by atoms with E-state index >= 15 is 0 Å². The Morgan fingerprint density at radius 1 is 1.07 bits per heavy atom. The maximum atomic E-state index is 12.5. The third-order valence-electron chi connectivity index (χ3n) is 5.54. The summed E-state index contributed by atoms with van der Waals surface area (Å²) in [5.41, 5.74) is 3.95. The number of halogens is 1. The van der Waals surface area contributed by atoms with Crippen LogP contribution < -0.4 is 11.1 Å². The lowest BCUT2D eigenvalue weighted by molar-refractivity contribution is 0.292. The van der Waals surface area contributed by atoms with Crippen molar-refractivity contribution in [3.8, 4) is 0 Å². The van der Waals surface area contributed by atoms with E-state index in [1.165, 1.54) is 49.8 Å². The molecule has 0 saturated heterocycles. The highest BCUT2D eigenvalue weighted by atomic mass is 19.1. The second-order valence-corrected chi connectivity index (χ2v) is 7.81. The topological polar surface area (TPSA) is 78.3 Å². The number of aliphatic hydroxyl groups excluding tert-OH is 1. The molecule has 1 fully saturated rings. The number of fused-ring (bicyclic) bond motifs is 1. The first-order valence-corrected chi connectivity index (χ1v) is 10.8. The summed E-state index contributed by atoms with van der Waals surface area (Å²) in [4.78, 5) is 13.7. The van der Waals surface area contributed by atoms with Crippen molar-refractivity contribution < 1.29 is 13.9 Å². The van der Waals surface area contributed by atoms with Crippen LogP contribution in [-0.2, 0) is 6.42 Å². The Labute approximate surface area is 176 Å². The molecule has 0 aliphatic heterocycles. The lowest BCUT2D eigenvalue weighted by Gasteiger charge is -2.21. The zero-order valence-electron chi connectivity index (χ0n) is 17.3. The molecular formula is C24H31FN2O3. The van der Waals surface area contributed by atoms with Gasteiger partial charge in [-0.05, 0) is 73.5 Å². The van der Waals surface area contributed by atoms with Crippen LogP contribution in [0.1, 0.15) is 55.6 Å². The number of H-pyrrole nitrogens is 1. The molecule has 1 aliphatic carbocycles. The SMILES string of the molecule is O=c1[nH]c2ccc(C3CCCCC3)cc2o1.OCCNCCCc1ccc(F)cc1. The molecule has 3 N–H and O–H groups in total. The van der Waals surface area contributed by atoms with Gasteiger partial charge in [0.2, 0.25) is 0 Å². The summed E-state index contributed by atoms with van der Waals surface area (Å²) in [6.07, 6.45) is 8.47. The zero-order valence-corrected chi connectivity index (χ0v) is 17.3. The first-order chi connectivity index (χ1) is 14.7. The average molecular weight is 415 g/mol. The van der Waals surface area contributed by atoms with Crippen LogP contribution in [-0.4, -0.2) is 29.8 Å². The van der Waals surface area contributed by atoms with Crippen LogP contribution in [0, 0.1) is 5.82 Å². The number of oxazole rings is 1.